The minimum absolute atomic E-state index is 0.0151. The Morgan fingerprint density at radius 3 is 2.41 bits per heavy atom. The molecule has 0 bridgehead atoms. The molecule has 1 aromatic heterocycles. The number of aryl methyl sites for hydroxylation is 1. The van der Waals surface area contributed by atoms with Gasteiger partial charge in [-0.1, -0.05) is 20.3 Å². The second-order valence-corrected chi connectivity index (χ2v) is 8.27. The van der Waals surface area contributed by atoms with Gasteiger partial charge in [-0.3, -0.25) is 4.79 Å². The van der Waals surface area contributed by atoms with Gasteiger partial charge < -0.3 is 19.4 Å². The second-order valence-electron chi connectivity index (χ2n) is 8.27. The summed E-state index contributed by atoms with van der Waals surface area (Å²) in [5, 5.41) is 10.8. The highest BCUT2D eigenvalue weighted by atomic mass is 16.6. The Hall–Kier alpha value is -2.12. The zero-order chi connectivity index (χ0) is 20.2. The molecule has 2 unspecified atom stereocenters. The van der Waals surface area contributed by atoms with Crippen LogP contribution in [0.1, 0.15) is 71.6 Å². The first-order chi connectivity index (χ1) is 12.6. The number of hydrogen-bond donors (Lipinski definition) is 1. The number of aromatic nitrogens is 2. The fraction of sp³-hybridized carbons (Fsp3) is 0.789. The summed E-state index contributed by atoms with van der Waals surface area (Å²) in [6, 6.07) is -0.591. The van der Waals surface area contributed by atoms with Crippen molar-refractivity contribution in [1.82, 2.24) is 20.4 Å². The van der Waals surface area contributed by atoms with E-state index in [2.05, 4.69) is 15.5 Å². The Morgan fingerprint density at radius 1 is 1.30 bits per heavy atom. The minimum atomic E-state index is -0.603. The Bertz CT molecular complexity index is 644. The summed E-state index contributed by atoms with van der Waals surface area (Å²) in [6.45, 7) is 12.4. The lowest BCUT2D eigenvalue weighted by atomic mass is 9.93. The zero-order valence-electron chi connectivity index (χ0n) is 17.2. The molecule has 0 radical (unpaired) electrons. The Kier molecular flexibility index (Phi) is 6.84. The van der Waals surface area contributed by atoms with Gasteiger partial charge in [-0.15, -0.1) is 10.2 Å². The molecule has 1 saturated heterocycles. The van der Waals surface area contributed by atoms with Gasteiger partial charge in [-0.2, -0.15) is 0 Å². The SMILES string of the molecule is CCC(C)C(NC(=O)OC(C)(C)C)C(=O)N1CCC(c2nnc(C)o2)CC1. The van der Waals surface area contributed by atoms with Crippen molar-refractivity contribution >= 4 is 12.0 Å². The molecule has 1 aliphatic heterocycles. The van der Waals surface area contributed by atoms with Gasteiger partial charge in [0.25, 0.3) is 0 Å². The molecule has 8 heteroatoms. The van der Waals surface area contributed by atoms with Crippen LogP contribution in [0.25, 0.3) is 0 Å². The molecular weight excluding hydrogens is 348 g/mol. The Balaban J connectivity index is 1.98. The molecular formula is C19H32N4O4. The van der Waals surface area contributed by atoms with Crippen LogP contribution in [0.3, 0.4) is 0 Å². The largest absolute Gasteiger partial charge is 0.444 e. The summed E-state index contributed by atoms with van der Waals surface area (Å²) in [5.74, 6) is 1.33. The van der Waals surface area contributed by atoms with E-state index in [0.717, 1.165) is 19.3 Å². The normalized spacial score (nSPS) is 18.1. The highest BCUT2D eigenvalue weighted by molar-refractivity contribution is 5.86. The van der Waals surface area contributed by atoms with Crippen molar-refractivity contribution in [2.75, 3.05) is 13.1 Å². The van der Waals surface area contributed by atoms with Gasteiger partial charge >= 0.3 is 6.09 Å². The molecule has 1 N–H and O–H groups in total. The molecule has 1 fully saturated rings. The van der Waals surface area contributed by atoms with Crippen LogP contribution >= 0.6 is 0 Å². The molecule has 27 heavy (non-hydrogen) atoms. The molecule has 2 rings (SSSR count). The van der Waals surface area contributed by atoms with Crippen LogP contribution in [0.15, 0.2) is 4.42 Å². The maximum absolute atomic E-state index is 13.1. The van der Waals surface area contributed by atoms with E-state index in [1.807, 2.05) is 18.7 Å². The van der Waals surface area contributed by atoms with E-state index in [1.165, 1.54) is 0 Å². The standard InChI is InChI=1S/C19H32N4O4/c1-7-12(2)15(20-18(25)27-19(4,5)6)17(24)23-10-8-14(9-11-23)16-22-21-13(3)26-16/h12,14-15H,7-11H2,1-6H3,(H,20,25). The van der Waals surface area contributed by atoms with E-state index >= 15 is 0 Å². The van der Waals surface area contributed by atoms with Crippen molar-refractivity contribution < 1.29 is 18.7 Å². The van der Waals surface area contributed by atoms with Crippen molar-refractivity contribution in [3.8, 4) is 0 Å². The number of amides is 2. The average molecular weight is 380 g/mol. The smallest absolute Gasteiger partial charge is 0.408 e. The van der Waals surface area contributed by atoms with Crippen LogP contribution in [0.5, 0.6) is 0 Å². The number of alkyl carbamates (subject to hydrolysis) is 1. The number of hydrogen-bond acceptors (Lipinski definition) is 6. The number of rotatable bonds is 5. The average Bonchev–Trinajstić information content (AvgIpc) is 3.03. The first-order valence-corrected chi connectivity index (χ1v) is 9.69. The van der Waals surface area contributed by atoms with E-state index < -0.39 is 17.7 Å². The molecule has 1 aromatic rings. The van der Waals surface area contributed by atoms with Crippen molar-refractivity contribution in [3.05, 3.63) is 11.8 Å². The molecule has 2 amide bonds. The van der Waals surface area contributed by atoms with Gasteiger partial charge in [-0.05, 0) is 39.5 Å². The molecule has 0 aliphatic carbocycles. The summed E-state index contributed by atoms with van der Waals surface area (Å²) in [4.78, 5) is 27.0. The van der Waals surface area contributed by atoms with Gasteiger partial charge in [0.05, 0.1) is 0 Å². The topological polar surface area (TPSA) is 97.6 Å². The van der Waals surface area contributed by atoms with Crippen molar-refractivity contribution in [2.45, 2.75) is 78.4 Å². The molecule has 0 saturated carbocycles. The van der Waals surface area contributed by atoms with Crippen LogP contribution in [0.4, 0.5) is 4.79 Å². The molecule has 0 aromatic carbocycles. The number of ether oxygens (including phenoxy) is 1. The van der Waals surface area contributed by atoms with E-state index in [4.69, 9.17) is 9.15 Å². The highest BCUT2D eigenvalue weighted by Gasteiger charge is 2.34. The maximum atomic E-state index is 13.1. The van der Waals surface area contributed by atoms with Crippen molar-refractivity contribution in [1.29, 1.82) is 0 Å². The van der Waals surface area contributed by atoms with Crippen molar-refractivity contribution in [2.24, 2.45) is 5.92 Å². The second kappa shape index (κ2) is 8.71. The van der Waals surface area contributed by atoms with Gasteiger partial charge in [0.2, 0.25) is 17.7 Å². The van der Waals surface area contributed by atoms with Crippen LogP contribution < -0.4 is 5.32 Å². The van der Waals surface area contributed by atoms with E-state index in [-0.39, 0.29) is 17.7 Å². The minimum Gasteiger partial charge on any atom is -0.444 e. The van der Waals surface area contributed by atoms with Gasteiger partial charge in [0, 0.05) is 25.9 Å². The predicted molar refractivity (Wildman–Crippen MR) is 100 cm³/mol. The van der Waals surface area contributed by atoms with Crippen LogP contribution in [0, 0.1) is 12.8 Å². The molecule has 1 aliphatic rings. The van der Waals surface area contributed by atoms with Crippen molar-refractivity contribution in [3.63, 3.8) is 0 Å². The highest BCUT2D eigenvalue weighted by Crippen LogP contribution is 2.28. The van der Waals surface area contributed by atoms with Crippen LogP contribution in [-0.4, -0.2) is 51.8 Å². The van der Waals surface area contributed by atoms with Crippen LogP contribution in [-0.2, 0) is 9.53 Å². The number of nitrogens with zero attached hydrogens (tertiary/aromatic N) is 3. The fourth-order valence-electron chi connectivity index (χ4n) is 3.14. The third kappa shape index (κ3) is 5.94. The number of piperidine rings is 1. The third-order valence-corrected chi connectivity index (χ3v) is 4.85. The van der Waals surface area contributed by atoms with E-state index in [0.29, 0.717) is 24.9 Å². The number of nitrogens with one attached hydrogen (secondary N) is 1. The van der Waals surface area contributed by atoms with Gasteiger partial charge in [-0.25, -0.2) is 4.79 Å². The number of carbonyl (C=O) groups excluding carboxylic acids is 2. The molecule has 0 spiro atoms. The monoisotopic (exact) mass is 380 g/mol. The molecule has 2 heterocycles. The van der Waals surface area contributed by atoms with Gasteiger partial charge in [0.1, 0.15) is 11.6 Å². The first kappa shape index (κ1) is 21.2. The summed E-state index contributed by atoms with van der Waals surface area (Å²) in [5.41, 5.74) is -0.603. The Morgan fingerprint density at radius 2 is 1.93 bits per heavy atom. The lowest BCUT2D eigenvalue weighted by Crippen LogP contribution is -2.54. The predicted octanol–water partition coefficient (Wildman–Crippen LogP) is 3.02. The summed E-state index contributed by atoms with van der Waals surface area (Å²) in [7, 11) is 0. The third-order valence-electron chi connectivity index (χ3n) is 4.85. The van der Waals surface area contributed by atoms with E-state index in [9.17, 15) is 9.59 Å². The lowest BCUT2D eigenvalue weighted by molar-refractivity contribution is -0.136. The lowest BCUT2D eigenvalue weighted by Gasteiger charge is -2.35. The Labute approximate surface area is 161 Å². The molecule has 8 nitrogen and oxygen atoms in total. The first-order valence-electron chi connectivity index (χ1n) is 9.69. The maximum Gasteiger partial charge on any atom is 0.408 e. The van der Waals surface area contributed by atoms with E-state index in [1.54, 1.807) is 27.7 Å². The van der Waals surface area contributed by atoms with Gasteiger partial charge in [0.15, 0.2) is 0 Å². The summed E-state index contributed by atoms with van der Waals surface area (Å²) in [6.07, 6.45) is 1.77. The number of likely N-dealkylation sites (tertiary alicyclic amines) is 1. The molecule has 2 atom stereocenters. The molecule has 152 valence electrons. The summed E-state index contributed by atoms with van der Waals surface area (Å²) >= 11 is 0. The number of carbonyl (C=O) groups is 2. The summed E-state index contributed by atoms with van der Waals surface area (Å²) < 4.78 is 10.9. The fourth-order valence-corrected chi connectivity index (χ4v) is 3.14. The van der Waals surface area contributed by atoms with Crippen LogP contribution in [0.2, 0.25) is 0 Å². The quantitative estimate of drug-likeness (QED) is 0.843. The zero-order valence-corrected chi connectivity index (χ0v) is 17.2.